The number of furan rings is 1. The van der Waals surface area contributed by atoms with Gasteiger partial charge in [-0.15, -0.1) is 11.8 Å². The number of nitrogen functional groups attached to an aromatic ring is 1. The topological polar surface area (TPSA) is 176 Å². The summed E-state index contributed by atoms with van der Waals surface area (Å²) in [7, 11) is 5.33. The third-order valence-electron chi connectivity index (χ3n) is 5.64. The molecule has 4 rings (SSSR count). The van der Waals surface area contributed by atoms with Crippen molar-refractivity contribution in [2.75, 3.05) is 39.2 Å². The zero-order valence-electron chi connectivity index (χ0n) is 20.2. The lowest BCUT2D eigenvalue weighted by atomic mass is 10.0. The molecule has 0 aliphatic carbocycles. The van der Waals surface area contributed by atoms with E-state index in [0.717, 1.165) is 28.5 Å². The molecule has 0 spiro atoms. The second-order valence-corrected chi connectivity index (χ2v) is 10.8. The van der Waals surface area contributed by atoms with Crippen LogP contribution in [0, 0.1) is 0 Å². The number of likely N-dealkylation sites (N-methyl/N-ethyl adjacent to an activating group) is 1. The van der Waals surface area contributed by atoms with Gasteiger partial charge in [-0.05, 0) is 17.7 Å². The van der Waals surface area contributed by atoms with Gasteiger partial charge in [0.05, 0.1) is 44.8 Å². The molecule has 2 aromatic heterocycles. The summed E-state index contributed by atoms with van der Waals surface area (Å²) >= 11 is 2.21. The summed E-state index contributed by atoms with van der Waals surface area (Å²) in [5.41, 5.74) is 6.65. The number of amides is 2. The number of carboxylic acids is 1. The first kappa shape index (κ1) is 26.4. The van der Waals surface area contributed by atoms with E-state index in [4.69, 9.17) is 15.0 Å². The van der Waals surface area contributed by atoms with Gasteiger partial charge in [-0.3, -0.25) is 14.5 Å². The standard InChI is InChI=1S/C22H25N7O6S2/c1-29(2,9-12-6-8-35-10-12)7-4-5-13-11-36-20-15(19(31)28(20)16(13)21(32)33)24-18(30)14(26-34-3)17-25-22(23)37-27-17/h4-6,8,10,15,20H,7,9,11H2,1-3H3,(H3-,23,24,25,27,30,32,33)/b5-4+,26-14-/t15-,20-/m1/s1. The molecule has 13 nitrogen and oxygen atoms in total. The molecule has 37 heavy (non-hydrogen) atoms. The number of thioether (sulfide) groups is 1. The molecule has 0 unspecified atom stereocenters. The number of nitrogens with two attached hydrogens (primary N) is 1. The van der Waals surface area contributed by atoms with Crippen LogP contribution in [0.3, 0.4) is 0 Å². The van der Waals surface area contributed by atoms with Crippen molar-refractivity contribution in [2.24, 2.45) is 5.16 Å². The van der Waals surface area contributed by atoms with Crippen molar-refractivity contribution in [1.29, 1.82) is 0 Å². The van der Waals surface area contributed by atoms with Gasteiger partial charge in [0.2, 0.25) is 11.5 Å². The van der Waals surface area contributed by atoms with Crippen LogP contribution in [0.2, 0.25) is 0 Å². The fourth-order valence-corrected chi connectivity index (χ4v) is 5.75. The minimum Gasteiger partial charge on any atom is -0.543 e. The number of quaternary nitrogens is 1. The third kappa shape index (κ3) is 5.68. The summed E-state index contributed by atoms with van der Waals surface area (Å²) < 4.78 is 9.68. The first-order chi connectivity index (χ1) is 17.6. The number of hydrogen-bond donors (Lipinski definition) is 2. The normalized spacial score (nSPS) is 20.1. The van der Waals surface area contributed by atoms with Gasteiger partial charge in [-0.25, -0.2) is 0 Å². The molecule has 0 saturated carbocycles. The van der Waals surface area contributed by atoms with Crippen LogP contribution in [0.4, 0.5) is 5.13 Å². The highest BCUT2D eigenvalue weighted by Crippen LogP contribution is 2.40. The molecule has 3 N–H and O–H groups in total. The SMILES string of the molecule is CO/N=C(\C(=O)N[C@@H]1C(=O)N2C(C(=O)[O-])=C(/C=C/C[N+](C)(C)Cc3ccoc3)CS[C@H]12)c1nsc(N)n1. The van der Waals surface area contributed by atoms with E-state index in [-0.39, 0.29) is 22.4 Å². The number of aliphatic carboxylic acids is 1. The van der Waals surface area contributed by atoms with Crippen molar-refractivity contribution in [3.05, 3.63) is 53.4 Å². The highest BCUT2D eigenvalue weighted by atomic mass is 32.2. The molecule has 2 aromatic rings. The van der Waals surface area contributed by atoms with Crippen molar-refractivity contribution in [3.8, 4) is 0 Å². The van der Waals surface area contributed by atoms with Gasteiger partial charge in [0.1, 0.15) is 25.1 Å². The van der Waals surface area contributed by atoms with Crippen LogP contribution >= 0.6 is 23.3 Å². The van der Waals surface area contributed by atoms with Gasteiger partial charge < -0.3 is 34.7 Å². The molecule has 196 valence electrons. The highest BCUT2D eigenvalue weighted by Gasteiger charge is 2.53. The van der Waals surface area contributed by atoms with Gasteiger partial charge in [0, 0.05) is 22.8 Å². The molecule has 0 bridgehead atoms. The van der Waals surface area contributed by atoms with Gasteiger partial charge in [-0.1, -0.05) is 11.2 Å². The van der Waals surface area contributed by atoms with Crippen LogP contribution in [0.5, 0.6) is 0 Å². The van der Waals surface area contributed by atoms with Crippen LogP contribution in [0.15, 0.2) is 51.6 Å². The van der Waals surface area contributed by atoms with E-state index >= 15 is 0 Å². The number of hydrogen-bond acceptors (Lipinski definition) is 12. The number of anilines is 1. The number of rotatable bonds is 10. The first-order valence-electron chi connectivity index (χ1n) is 11.0. The van der Waals surface area contributed by atoms with Crippen LogP contribution in [0.1, 0.15) is 11.4 Å². The molecule has 1 fully saturated rings. The molecular formula is C22H25N7O6S2. The number of oxime groups is 1. The molecule has 4 heterocycles. The Morgan fingerprint density at radius 1 is 1.46 bits per heavy atom. The predicted octanol–water partition coefficient (Wildman–Crippen LogP) is -0.699. The Hall–Kier alpha value is -3.69. The summed E-state index contributed by atoms with van der Waals surface area (Å²) in [6.07, 6.45) is 6.90. The first-order valence-corrected chi connectivity index (χ1v) is 12.8. The van der Waals surface area contributed by atoms with Gasteiger partial charge >= 0.3 is 0 Å². The molecule has 2 atom stereocenters. The Balaban J connectivity index is 1.46. The quantitative estimate of drug-likeness (QED) is 0.167. The molecule has 0 radical (unpaired) electrons. The molecule has 2 amide bonds. The van der Waals surface area contributed by atoms with Gasteiger partial charge in [-0.2, -0.15) is 9.36 Å². The zero-order chi connectivity index (χ0) is 26.7. The van der Waals surface area contributed by atoms with E-state index in [0.29, 0.717) is 22.4 Å². The molecule has 2 aliphatic rings. The van der Waals surface area contributed by atoms with E-state index in [1.807, 2.05) is 26.2 Å². The Bertz CT molecular complexity index is 1280. The Morgan fingerprint density at radius 3 is 2.86 bits per heavy atom. The Labute approximate surface area is 220 Å². The minimum absolute atomic E-state index is 0.0429. The number of nitrogens with zero attached hydrogens (tertiary/aromatic N) is 5. The van der Waals surface area contributed by atoms with Crippen molar-refractivity contribution < 1.29 is 33.2 Å². The summed E-state index contributed by atoms with van der Waals surface area (Å²) in [6.45, 7) is 1.35. The Kier molecular flexibility index (Phi) is 7.65. The number of β-lactam (4-membered cyclic amide) rings is 1. The fraction of sp³-hybridized carbons (Fsp3) is 0.364. The number of carbonyl (C=O) groups is 3. The highest BCUT2D eigenvalue weighted by molar-refractivity contribution is 8.00. The lowest BCUT2D eigenvalue weighted by Crippen LogP contribution is -2.71. The summed E-state index contributed by atoms with van der Waals surface area (Å²) in [5.74, 6) is -2.51. The van der Waals surface area contributed by atoms with E-state index in [1.54, 1.807) is 18.6 Å². The fourth-order valence-electron chi connectivity index (χ4n) is 4.00. The van der Waals surface area contributed by atoms with Crippen molar-refractivity contribution >= 4 is 51.9 Å². The van der Waals surface area contributed by atoms with Crippen LogP contribution in [-0.2, 0) is 25.8 Å². The van der Waals surface area contributed by atoms with E-state index in [1.165, 1.54) is 18.9 Å². The summed E-state index contributed by atoms with van der Waals surface area (Å²) in [4.78, 5) is 47.5. The lowest BCUT2D eigenvalue weighted by molar-refractivity contribution is -0.897. The number of fused-ring (bicyclic) bond motifs is 1. The van der Waals surface area contributed by atoms with Crippen LogP contribution in [-0.4, -0.2) is 87.2 Å². The average Bonchev–Trinajstić information content (AvgIpc) is 3.51. The number of carboxylic acid groups (broad SMARTS) is 1. The third-order valence-corrected chi connectivity index (χ3v) is 7.48. The van der Waals surface area contributed by atoms with Crippen LogP contribution in [0.25, 0.3) is 0 Å². The zero-order valence-corrected chi connectivity index (χ0v) is 21.9. The monoisotopic (exact) mass is 547 g/mol. The summed E-state index contributed by atoms with van der Waals surface area (Å²) in [5, 5.41) is 17.7. The van der Waals surface area contributed by atoms with Crippen molar-refractivity contribution in [2.45, 2.75) is 18.0 Å². The van der Waals surface area contributed by atoms with E-state index < -0.39 is 29.2 Å². The number of nitrogens with one attached hydrogen (secondary N) is 1. The lowest BCUT2D eigenvalue weighted by Gasteiger charge is -2.50. The van der Waals surface area contributed by atoms with E-state index in [9.17, 15) is 19.5 Å². The molecule has 2 aliphatic heterocycles. The largest absolute Gasteiger partial charge is 0.543 e. The van der Waals surface area contributed by atoms with Crippen molar-refractivity contribution in [1.82, 2.24) is 19.6 Å². The average molecular weight is 548 g/mol. The molecule has 15 heteroatoms. The molecular weight excluding hydrogens is 522 g/mol. The number of carbonyl (C=O) groups excluding carboxylic acids is 3. The summed E-state index contributed by atoms with van der Waals surface area (Å²) in [6, 6.07) is 0.927. The molecule has 0 aromatic carbocycles. The predicted molar refractivity (Wildman–Crippen MR) is 133 cm³/mol. The van der Waals surface area contributed by atoms with E-state index in [2.05, 4.69) is 19.8 Å². The number of allylic oxidation sites excluding steroid dienone is 1. The number of aromatic nitrogens is 2. The maximum atomic E-state index is 12.9. The van der Waals surface area contributed by atoms with Gasteiger partial charge in [0.25, 0.3) is 11.8 Å². The second kappa shape index (κ2) is 10.7. The maximum absolute atomic E-state index is 12.9. The Morgan fingerprint density at radius 2 is 2.24 bits per heavy atom. The van der Waals surface area contributed by atoms with Gasteiger partial charge in [0.15, 0.2) is 5.13 Å². The smallest absolute Gasteiger partial charge is 0.278 e. The second-order valence-electron chi connectivity index (χ2n) is 8.91. The maximum Gasteiger partial charge on any atom is 0.278 e. The minimum atomic E-state index is -1.46. The van der Waals surface area contributed by atoms with Crippen molar-refractivity contribution in [3.63, 3.8) is 0 Å². The van der Waals surface area contributed by atoms with Crippen LogP contribution < -0.4 is 16.2 Å². The molecule has 1 saturated heterocycles.